The Morgan fingerprint density at radius 1 is 1.10 bits per heavy atom. The maximum absolute atomic E-state index is 12.3. The molecule has 0 bridgehead atoms. The van der Waals surface area contributed by atoms with Crippen molar-refractivity contribution >= 4 is 11.7 Å². The summed E-state index contributed by atoms with van der Waals surface area (Å²) in [6.07, 6.45) is 4.84. The number of aliphatic imine (C=N–C) groups is 1. The highest BCUT2D eigenvalue weighted by Crippen LogP contribution is 2.38. The summed E-state index contributed by atoms with van der Waals surface area (Å²) in [7, 11) is 1.42. The van der Waals surface area contributed by atoms with E-state index in [1.807, 2.05) is 36.4 Å². The predicted molar refractivity (Wildman–Crippen MR) is 116 cm³/mol. The van der Waals surface area contributed by atoms with Gasteiger partial charge in [-0.05, 0) is 37.7 Å². The molecule has 2 aromatic rings. The van der Waals surface area contributed by atoms with Crippen LogP contribution >= 0.6 is 0 Å². The lowest BCUT2D eigenvalue weighted by Gasteiger charge is -2.36. The topological polar surface area (TPSA) is 58.9 Å². The number of aliphatic hydroxyl groups is 1. The third-order valence-electron chi connectivity index (χ3n) is 5.78. The van der Waals surface area contributed by atoms with Crippen molar-refractivity contribution in [3.63, 3.8) is 0 Å². The van der Waals surface area contributed by atoms with Gasteiger partial charge < -0.3 is 9.84 Å². The molecule has 0 saturated heterocycles. The van der Waals surface area contributed by atoms with E-state index in [2.05, 4.69) is 37.3 Å². The highest BCUT2D eigenvalue weighted by molar-refractivity contribution is 6.13. The number of ether oxygens (including phenoxy) is 1. The number of carbonyl (C=O) groups is 1. The number of aliphatic hydroxyl groups excluding tert-OH is 1. The van der Waals surface area contributed by atoms with Gasteiger partial charge in [-0.1, -0.05) is 66.7 Å². The zero-order valence-corrected chi connectivity index (χ0v) is 17.2. The first-order valence-electron chi connectivity index (χ1n) is 10.1. The Bertz CT molecular complexity index is 832. The van der Waals surface area contributed by atoms with Crippen LogP contribution in [0.25, 0.3) is 0 Å². The SMILES string of the molecule is COC(=O)CC(C)(N=C(c1ccccc1)c1ccccc1)C1CC=C(CO)CC1. The van der Waals surface area contributed by atoms with E-state index < -0.39 is 5.54 Å². The minimum absolute atomic E-state index is 0.100. The monoisotopic (exact) mass is 391 g/mol. The van der Waals surface area contributed by atoms with E-state index in [-0.39, 0.29) is 24.9 Å². The van der Waals surface area contributed by atoms with E-state index in [9.17, 15) is 9.90 Å². The minimum Gasteiger partial charge on any atom is -0.469 e. The van der Waals surface area contributed by atoms with Gasteiger partial charge in [0, 0.05) is 11.1 Å². The van der Waals surface area contributed by atoms with E-state index in [4.69, 9.17) is 9.73 Å². The molecule has 1 N–H and O–H groups in total. The molecule has 0 aliphatic heterocycles. The lowest BCUT2D eigenvalue weighted by atomic mass is 9.74. The molecule has 0 heterocycles. The summed E-state index contributed by atoms with van der Waals surface area (Å²) in [6, 6.07) is 20.2. The molecule has 2 atom stereocenters. The Labute approximate surface area is 173 Å². The molecule has 29 heavy (non-hydrogen) atoms. The summed E-state index contributed by atoms with van der Waals surface area (Å²) < 4.78 is 5.01. The van der Waals surface area contributed by atoms with Crippen LogP contribution in [0.5, 0.6) is 0 Å². The summed E-state index contributed by atoms with van der Waals surface area (Å²) in [4.78, 5) is 17.5. The standard InChI is InChI=1S/C25H29NO3/c1-25(17-23(28)29-2,22-15-13-19(18-27)14-16-22)26-24(20-9-5-3-6-10-20)21-11-7-4-8-12-21/h3-13,22,27H,14-18H2,1-2H3. The molecule has 0 saturated carbocycles. The Morgan fingerprint density at radius 3 is 2.14 bits per heavy atom. The second-order valence-electron chi connectivity index (χ2n) is 7.79. The predicted octanol–water partition coefficient (Wildman–Crippen LogP) is 4.56. The first-order chi connectivity index (χ1) is 14.1. The average Bonchev–Trinajstić information content (AvgIpc) is 2.78. The number of allylic oxidation sites excluding steroid dienone is 1. The zero-order valence-electron chi connectivity index (χ0n) is 17.2. The van der Waals surface area contributed by atoms with Crippen molar-refractivity contribution < 1.29 is 14.6 Å². The van der Waals surface area contributed by atoms with Gasteiger partial charge in [0.2, 0.25) is 0 Å². The Hall–Kier alpha value is -2.72. The fourth-order valence-electron chi connectivity index (χ4n) is 3.98. The molecule has 1 aliphatic rings. The van der Waals surface area contributed by atoms with Gasteiger partial charge in [-0.15, -0.1) is 0 Å². The molecule has 1 aliphatic carbocycles. The number of carbonyl (C=O) groups excluding carboxylic acids is 1. The molecule has 0 spiro atoms. The largest absolute Gasteiger partial charge is 0.469 e. The average molecular weight is 392 g/mol. The lowest BCUT2D eigenvalue weighted by molar-refractivity contribution is -0.142. The van der Waals surface area contributed by atoms with Crippen LogP contribution < -0.4 is 0 Å². The van der Waals surface area contributed by atoms with Crippen molar-refractivity contribution in [2.75, 3.05) is 13.7 Å². The van der Waals surface area contributed by atoms with Crippen molar-refractivity contribution in [3.05, 3.63) is 83.4 Å². The van der Waals surface area contributed by atoms with Crippen LogP contribution in [-0.4, -0.2) is 36.0 Å². The minimum atomic E-state index is -0.606. The van der Waals surface area contributed by atoms with Crippen molar-refractivity contribution in [2.24, 2.45) is 10.9 Å². The maximum atomic E-state index is 12.3. The second kappa shape index (κ2) is 9.66. The van der Waals surface area contributed by atoms with Crippen LogP contribution in [0.15, 0.2) is 77.3 Å². The molecule has 0 fully saturated rings. The number of hydrogen-bond donors (Lipinski definition) is 1. The van der Waals surface area contributed by atoms with Gasteiger partial charge in [0.25, 0.3) is 0 Å². The van der Waals surface area contributed by atoms with Crippen molar-refractivity contribution in [3.8, 4) is 0 Å². The summed E-state index contributed by atoms with van der Waals surface area (Å²) in [5.74, 6) is -0.0621. The number of esters is 1. The summed E-state index contributed by atoms with van der Waals surface area (Å²) in [6.45, 7) is 2.15. The summed E-state index contributed by atoms with van der Waals surface area (Å²) in [5, 5.41) is 9.44. The van der Waals surface area contributed by atoms with Crippen LogP contribution in [0.4, 0.5) is 0 Å². The Kier molecular flexibility index (Phi) is 6.99. The molecule has 4 heteroatoms. The van der Waals surface area contributed by atoms with Crippen LogP contribution in [0.3, 0.4) is 0 Å². The number of methoxy groups -OCH3 is 1. The zero-order chi connectivity index (χ0) is 20.7. The lowest BCUT2D eigenvalue weighted by Crippen LogP contribution is -2.38. The molecular formula is C25H29NO3. The van der Waals surface area contributed by atoms with Crippen LogP contribution in [0, 0.1) is 5.92 Å². The molecule has 0 aromatic heterocycles. The molecule has 3 rings (SSSR count). The third-order valence-corrected chi connectivity index (χ3v) is 5.78. The fourth-order valence-corrected chi connectivity index (χ4v) is 3.98. The molecule has 2 aromatic carbocycles. The van der Waals surface area contributed by atoms with Crippen molar-refractivity contribution in [1.29, 1.82) is 0 Å². The van der Waals surface area contributed by atoms with Gasteiger partial charge in [-0.3, -0.25) is 9.79 Å². The van der Waals surface area contributed by atoms with Crippen LogP contribution in [0.1, 0.15) is 43.7 Å². The molecule has 0 amide bonds. The van der Waals surface area contributed by atoms with Gasteiger partial charge in [-0.2, -0.15) is 0 Å². The van der Waals surface area contributed by atoms with E-state index in [0.717, 1.165) is 41.7 Å². The number of nitrogens with zero attached hydrogens (tertiary/aromatic N) is 1. The number of hydrogen-bond acceptors (Lipinski definition) is 4. The normalized spacial score (nSPS) is 18.3. The highest BCUT2D eigenvalue weighted by Gasteiger charge is 2.37. The first-order valence-corrected chi connectivity index (χ1v) is 10.1. The summed E-state index contributed by atoms with van der Waals surface area (Å²) in [5.41, 5.74) is 3.40. The van der Waals surface area contributed by atoms with E-state index in [1.165, 1.54) is 7.11 Å². The molecular weight excluding hydrogens is 362 g/mol. The van der Waals surface area contributed by atoms with E-state index >= 15 is 0 Å². The fraction of sp³-hybridized carbons (Fsp3) is 0.360. The third kappa shape index (κ3) is 5.21. The van der Waals surface area contributed by atoms with E-state index in [0.29, 0.717) is 0 Å². The van der Waals surface area contributed by atoms with Gasteiger partial charge in [-0.25, -0.2) is 0 Å². The maximum Gasteiger partial charge on any atom is 0.307 e. The number of rotatable bonds is 7. The quantitative estimate of drug-likeness (QED) is 0.427. The molecule has 2 unspecified atom stereocenters. The molecule has 0 radical (unpaired) electrons. The van der Waals surface area contributed by atoms with E-state index in [1.54, 1.807) is 0 Å². The summed E-state index contributed by atoms with van der Waals surface area (Å²) >= 11 is 0. The molecule has 152 valence electrons. The highest BCUT2D eigenvalue weighted by atomic mass is 16.5. The smallest absolute Gasteiger partial charge is 0.307 e. The van der Waals surface area contributed by atoms with Gasteiger partial charge in [0.1, 0.15) is 0 Å². The van der Waals surface area contributed by atoms with Gasteiger partial charge in [0.05, 0.1) is 31.4 Å². The van der Waals surface area contributed by atoms with Crippen LogP contribution in [0.2, 0.25) is 0 Å². The Balaban J connectivity index is 2.07. The Morgan fingerprint density at radius 2 is 1.69 bits per heavy atom. The van der Waals surface area contributed by atoms with Gasteiger partial charge >= 0.3 is 5.97 Å². The van der Waals surface area contributed by atoms with Crippen molar-refractivity contribution in [2.45, 2.75) is 38.1 Å². The van der Waals surface area contributed by atoms with Gasteiger partial charge in [0.15, 0.2) is 0 Å². The number of benzene rings is 2. The first kappa shape index (κ1) is 21.0. The molecule has 4 nitrogen and oxygen atoms in total. The second-order valence-corrected chi connectivity index (χ2v) is 7.79. The van der Waals surface area contributed by atoms with Crippen molar-refractivity contribution in [1.82, 2.24) is 0 Å². The van der Waals surface area contributed by atoms with Crippen LogP contribution in [-0.2, 0) is 9.53 Å².